The van der Waals surface area contributed by atoms with Gasteiger partial charge in [-0.15, -0.1) is 0 Å². The molecule has 4 rings (SSSR count). The molecule has 0 saturated heterocycles. The Morgan fingerprint density at radius 3 is 2.62 bits per heavy atom. The Bertz CT molecular complexity index is 1080. The molecule has 0 saturated carbocycles. The van der Waals surface area contributed by atoms with Gasteiger partial charge in [-0.2, -0.15) is 0 Å². The molecule has 1 N–H and O–H groups in total. The number of amides is 1. The van der Waals surface area contributed by atoms with Gasteiger partial charge in [0.05, 0.1) is 22.2 Å². The van der Waals surface area contributed by atoms with E-state index in [1.807, 2.05) is 55.5 Å². The number of para-hydroxylation sites is 2. The van der Waals surface area contributed by atoms with Crippen LogP contribution in [0.3, 0.4) is 0 Å². The number of hydrogen-bond acceptors (Lipinski definition) is 3. The maximum atomic E-state index is 12.2. The van der Waals surface area contributed by atoms with Crippen LogP contribution in [0.2, 0.25) is 0 Å². The van der Waals surface area contributed by atoms with Gasteiger partial charge in [0.25, 0.3) is 0 Å². The number of hydrogen-bond donors (Lipinski definition) is 1. The molecule has 5 heteroatoms. The van der Waals surface area contributed by atoms with Crippen molar-refractivity contribution in [2.75, 3.05) is 19.0 Å². The van der Waals surface area contributed by atoms with Crippen LogP contribution in [0.4, 0.5) is 5.69 Å². The largest absolute Gasteiger partial charge is 0.375 e. The van der Waals surface area contributed by atoms with Crippen molar-refractivity contribution in [2.45, 2.75) is 6.92 Å². The molecule has 1 amide bonds. The Labute approximate surface area is 138 Å². The van der Waals surface area contributed by atoms with E-state index in [0.717, 1.165) is 38.8 Å². The summed E-state index contributed by atoms with van der Waals surface area (Å²) in [6.45, 7) is 2.00. The Kier molecular flexibility index (Phi) is 3.43. The molecule has 0 aliphatic rings. The molecule has 0 fully saturated rings. The molecule has 2 heterocycles. The van der Waals surface area contributed by atoms with Crippen molar-refractivity contribution in [1.29, 1.82) is 0 Å². The van der Waals surface area contributed by atoms with Crippen LogP contribution in [0.25, 0.3) is 27.3 Å². The Hall–Kier alpha value is -2.92. The van der Waals surface area contributed by atoms with Gasteiger partial charge in [-0.3, -0.25) is 9.20 Å². The molecule has 24 heavy (non-hydrogen) atoms. The highest BCUT2D eigenvalue weighted by Crippen LogP contribution is 2.36. The minimum Gasteiger partial charge on any atom is -0.375 e. The Morgan fingerprint density at radius 1 is 1.12 bits per heavy atom. The molecule has 4 aromatic rings. The lowest BCUT2D eigenvalue weighted by molar-refractivity contribution is -0.119. The van der Waals surface area contributed by atoms with E-state index in [-0.39, 0.29) is 12.5 Å². The lowest BCUT2D eigenvalue weighted by Crippen LogP contribution is -2.17. The van der Waals surface area contributed by atoms with E-state index in [9.17, 15) is 4.79 Å². The van der Waals surface area contributed by atoms with Crippen molar-refractivity contribution in [3.05, 3.63) is 54.4 Å². The first-order valence-corrected chi connectivity index (χ1v) is 7.78. The fraction of sp³-hybridized carbons (Fsp3) is 0.158. The number of aromatic nitrogens is 2. The predicted molar refractivity (Wildman–Crippen MR) is 95.4 cm³/mol. The van der Waals surface area contributed by atoms with Crippen LogP contribution in [0.1, 0.15) is 5.82 Å². The number of carbonyl (C=O) groups is 1. The number of benzene rings is 2. The van der Waals surface area contributed by atoms with Gasteiger partial charge < -0.3 is 10.1 Å². The third kappa shape index (κ3) is 2.13. The van der Waals surface area contributed by atoms with Crippen LogP contribution in [0.15, 0.2) is 48.5 Å². The number of rotatable bonds is 3. The third-order valence-corrected chi connectivity index (χ3v) is 4.18. The number of fused-ring (bicyclic) bond motifs is 5. The van der Waals surface area contributed by atoms with E-state index in [1.165, 1.54) is 7.11 Å². The standard InChI is InChI=1S/C19H17N3O2/c1-12-20-15-9-5-3-7-13(15)19-18(21-17(23)11-24-2)14-8-4-6-10-16(14)22(12)19/h3-10H,11H2,1-2H3,(H,21,23). The van der Waals surface area contributed by atoms with E-state index >= 15 is 0 Å². The fourth-order valence-corrected chi connectivity index (χ4v) is 3.26. The minimum atomic E-state index is -0.172. The van der Waals surface area contributed by atoms with Crippen molar-refractivity contribution >= 4 is 38.9 Å². The van der Waals surface area contributed by atoms with Crippen molar-refractivity contribution in [2.24, 2.45) is 0 Å². The van der Waals surface area contributed by atoms with E-state index in [0.29, 0.717) is 0 Å². The second-order valence-electron chi connectivity index (χ2n) is 5.73. The van der Waals surface area contributed by atoms with E-state index < -0.39 is 0 Å². The molecule has 0 radical (unpaired) electrons. The molecule has 2 aromatic heterocycles. The van der Waals surface area contributed by atoms with Gasteiger partial charge in [-0.05, 0) is 19.1 Å². The molecule has 0 unspecified atom stereocenters. The zero-order valence-electron chi connectivity index (χ0n) is 13.5. The molecular weight excluding hydrogens is 302 g/mol. The highest BCUT2D eigenvalue weighted by Gasteiger charge is 2.18. The van der Waals surface area contributed by atoms with Crippen LogP contribution in [-0.4, -0.2) is 29.0 Å². The maximum absolute atomic E-state index is 12.2. The van der Waals surface area contributed by atoms with Crippen LogP contribution in [0.5, 0.6) is 0 Å². The fourth-order valence-electron chi connectivity index (χ4n) is 3.26. The highest BCUT2D eigenvalue weighted by molar-refractivity contribution is 6.16. The molecule has 0 aliphatic heterocycles. The maximum Gasteiger partial charge on any atom is 0.250 e. The second-order valence-corrected chi connectivity index (χ2v) is 5.73. The normalized spacial score (nSPS) is 11.4. The predicted octanol–water partition coefficient (Wildman–Crippen LogP) is 3.53. The number of nitrogens with zero attached hydrogens (tertiary/aromatic N) is 2. The first-order valence-electron chi connectivity index (χ1n) is 7.78. The molecule has 2 aromatic carbocycles. The summed E-state index contributed by atoms with van der Waals surface area (Å²) in [5.41, 5.74) is 3.70. The van der Waals surface area contributed by atoms with E-state index in [4.69, 9.17) is 9.72 Å². The molecule has 0 spiro atoms. The second kappa shape index (κ2) is 5.62. The van der Waals surface area contributed by atoms with Crippen LogP contribution >= 0.6 is 0 Å². The van der Waals surface area contributed by atoms with Crippen molar-refractivity contribution in [3.8, 4) is 0 Å². The number of aryl methyl sites for hydroxylation is 1. The highest BCUT2D eigenvalue weighted by atomic mass is 16.5. The summed E-state index contributed by atoms with van der Waals surface area (Å²) in [5.74, 6) is 0.710. The number of ether oxygens (including phenoxy) is 1. The number of nitrogens with one attached hydrogen (secondary N) is 1. The van der Waals surface area contributed by atoms with Crippen LogP contribution in [-0.2, 0) is 9.53 Å². The molecule has 5 nitrogen and oxygen atoms in total. The molecule has 0 atom stereocenters. The monoisotopic (exact) mass is 319 g/mol. The van der Waals surface area contributed by atoms with Crippen molar-refractivity contribution in [1.82, 2.24) is 9.38 Å². The summed E-state index contributed by atoms with van der Waals surface area (Å²) in [6, 6.07) is 16.0. The molecule has 120 valence electrons. The zero-order valence-corrected chi connectivity index (χ0v) is 13.5. The van der Waals surface area contributed by atoms with Crippen molar-refractivity contribution in [3.63, 3.8) is 0 Å². The minimum absolute atomic E-state index is 0.0215. The SMILES string of the molecule is COCC(=O)Nc1c2ccccc2n2c(C)nc3ccccc3c12. The Balaban J connectivity index is 2.15. The first-order chi connectivity index (χ1) is 11.7. The zero-order chi connectivity index (χ0) is 16.7. The average molecular weight is 319 g/mol. The molecular formula is C19H17N3O2. The Morgan fingerprint density at radius 2 is 1.83 bits per heavy atom. The summed E-state index contributed by atoms with van der Waals surface area (Å²) in [4.78, 5) is 16.9. The lowest BCUT2D eigenvalue weighted by atomic mass is 10.1. The number of methoxy groups -OCH3 is 1. The summed E-state index contributed by atoms with van der Waals surface area (Å²) in [6.07, 6.45) is 0. The van der Waals surface area contributed by atoms with Gasteiger partial charge in [-0.1, -0.05) is 36.4 Å². The van der Waals surface area contributed by atoms with Gasteiger partial charge in [0.2, 0.25) is 5.91 Å². The van der Waals surface area contributed by atoms with Crippen molar-refractivity contribution < 1.29 is 9.53 Å². The smallest absolute Gasteiger partial charge is 0.250 e. The summed E-state index contributed by atoms with van der Waals surface area (Å²) in [7, 11) is 1.51. The molecule has 0 bridgehead atoms. The van der Waals surface area contributed by atoms with Crippen LogP contribution < -0.4 is 5.32 Å². The molecule has 0 aliphatic carbocycles. The van der Waals surface area contributed by atoms with Gasteiger partial charge in [-0.25, -0.2) is 4.98 Å². The van der Waals surface area contributed by atoms with E-state index in [1.54, 1.807) is 0 Å². The van der Waals surface area contributed by atoms with Gasteiger partial charge in [0.15, 0.2) is 0 Å². The van der Waals surface area contributed by atoms with Crippen LogP contribution in [0, 0.1) is 6.92 Å². The third-order valence-electron chi connectivity index (χ3n) is 4.18. The summed E-state index contributed by atoms with van der Waals surface area (Å²) >= 11 is 0. The number of carbonyl (C=O) groups excluding carboxylic acids is 1. The number of anilines is 1. The topological polar surface area (TPSA) is 55.6 Å². The van der Waals surface area contributed by atoms with Gasteiger partial charge in [0, 0.05) is 17.9 Å². The quantitative estimate of drug-likeness (QED) is 0.628. The van der Waals surface area contributed by atoms with Gasteiger partial charge in [0.1, 0.15) is 12.4 Å². The van der Waals surface area contributed by atoms with E-state index in [2.05, 4.69) is 9.72 Å². The summed E-state index contributed by atoms with van der Waals surface area (Å²) < 4.78 is 7.05. The lowest BCUT2D eigenvalue weighted by Gasteiger charge is -2.08. The first kappa shape index (κ1) is 14.7. The average Bonchev–Trinajstić information content (AvgIpc) is 2.91. The van der Waals surface area contributed by atoms with Gasteiger partial charge >= 0.3 is 0 Å². The summed E-state index contributed by atoms with van der Waals surface area (Å²) in [5, 5.41) is 5.01.